The predicted molar refractivity (Wildman–Crippen MR) is 38.9 cm³/mol. The SMILES string of the molecule is C1CO1.O=C1CCCCC1. The number of ether oxygens (including phenoxy) is 1. The van der Waals surface area contributed by atoms with E-state index in [9.17, 15) is 4.79 Å². The molecule has 2 aliphatic rings. The van der Waals surface area contributed by atoms with Gasteiger partial charge in [0.25, 0.3) is 0 Å². The fraction of sp³-hybridized carbons (Fsp3) is 0.875. The molecular formula is C8H14O2. The minimum atomic E-state index is 0.464. The number of carbonyl (C=O) groups is 1. The highest BCUT2D eigenvalue weighted by atomic mass is 16.6. The van der Waals surface area contributed by atoms with E-state index in [1.165, 1.54) is 6.42 Å². The average molecular weight is 142 g/mol. The van der Waals surface area contributed by atoms with E-state index in [1.807, 2.05) is 0 Å². The van der Waals surface area contributed by atoms with Gasteiger partial charge in [-0.25, -0.2) is 0 Å². The highest BCUT2D eigenvalue weighted by Gasteiger charge is 2.05. The van der Waals surface area contributed by atoms with Crippen LogP contribution < -0.4 is 0 Å². The van der Waals surface area contributed by atoms with Gasteiger partial charge in [0.05, 0.1) is 13.2 Å². The number of Topliss-reactive ketones (excluding diaryl/α,β-unsaturated/α-hetero) is 1. The molecular weight excluding hydrogens is 128 g/mol. The summed E-state index contributed by atoms with van der Waals surface area (Å²) in [5.41, 5.74) is 0. The molecule has 0 spiro atoms. The van der Waals surface area contributed by atoms with Gasteiger partial charge in [-0.1, -0.05) is 6.42 Å². The van der Waals surface area contributed by atoms with Crippen LogP contribution in [0.5, 0.6) is 0 Å². The first kappa shape index (κ1) is 7.73. The van der Waals surface area contributed by atoms with Crippen molar-refractivity contribution in [1.29, 1.82) is 0 Å². The Bertz CT molecular complexity index is 97.1. The predicted octanol–water partition coefficient (Wildman–Crippen LogP) is 1.54. The molecule has 0 aromatic carbocycles. The topological polar surface area (TPSA) is 29.6 Å². The molecule has 1 saturated heterocycles. The smallest absolute Gasteiger partial charge is 0.132 e. The van der Waals surface area contributed by atoms with Crippen molar-refractivity contribution in [2.24, 2.45) is 0 Å². The van der Waals surface area contributed by atoms with E-state index in [1.54, 1.807) is 0 Å². The van der Waals surface area contributed by atoms with Crippen LogP contribution in [0.15, 0.2) is 0 Å². The largest absolute Gasteiger partial charge is 0.377 e. The van der Waals surface area contributed by atoms with E-state index < -0.39 is 0 Å². The van der Waals surface area contributed by atoms with Gasteiger partial charge in [0, 0.05) is 12.8 Å². The van der Waals surface area contributed by atoms with Gasteiger partial charge in [0.15, 0.2) is 0 Å². The number of hydrogen-bond acceptors (Lipinski definition) is 2. The lowest BCUT2D eigenvalue weighted by Crippen LogP contribution is -2.02. The highest BCUT2D eigenvalue weighted by Crippen LogP contribution is 2.12. The number of carbonyl (C=O) groups excluding carboxylic acids is 1. The molecule has 1 aliphatic heterocycles. The number of ketones is 1. The van der Waals surface area contributed by atoms with Gasteiger partial charge < -0.3 is 4.74 Å². The first-order valence-corrected chi connectivity index (χ1v) is 3.99. The van der Waals surface area contributed by atoms with E-state index in [0.717, 1.165) is 38.9 Å². The van der Waals surface area contributed by atoms with Gasteiger partial charge >= 0.3 is 0 Å². The number of hydrogen-bond donors (Lipinski definition) is 0. The molecule has 0 unspecified atom stereocenters. The molecule has 0 radical (unpaired) electrons. The summed E-state index contributed by atoms with van der Waals surface area (Å²) in [5.74, 6) is 0.464. The van der Waals surface area contributed by atoms with Crippen molar-refractivity contribution >= 4 is 5.78 Å². The molecule has 58 valence electrons. The molecule has 2 rings (SSSR count). The second kappa shape index (κ2) is 4.45. The first-order chi connectivity index (χ1) is 4.89. The summed E-state index contributed by atoms with van der Waals surface area (Å²) in [6.45, 7) is 2.00. The van der Waals surface area contributed by atoms with Gasteiger partial charge in [0.2, 0.25) is 0 Å². The zero-order valence-corrected chi connectivity index (χ0v) is 6.27. The van der Waals surface area contributed by atoms with Gasteiger partial charge in [-0.3, -0.25) is 4.79 Å². The van der Waals surface area contributed by atoms with E-state index in [-0.39, 0.29) is 0 Å². The third kappa shape index (κ3) is 4.50. The molecule has 1 aliphatic carbocycles. The molecule has 2 heteroatoms. The Morgan fingerprint density at radius 1 is 1.00 bits per heavy atom. The molecule has 1 heterocycles. The summed E-state index contributed by atoms with van der Waals surface area (Å²) < 4.78 is 4.50. The van der Waals surface area contributed by atoms with E-state index >= 15 is 0 Å². The van der Waals surface area contributed by atoms with E-state index in [2.05, 4.69) is 4.74 Å². The van der Waals surface area contributed by atoms with Crippen LogP contribution >= 0.6 is 0 Å². The van der Waals surface area contributed by atoms with Crippen LogP contribution in [0.2, 0.25) is 0 Å². The van der Waals surface area contributed by atoms with Crippen LogP contribution in [0, 0.1) is 0 Å². The summed E-state index contributed by atoms with van der Waals surface area (Å²) in [5, 5.41) is 0. The molecule has 0 atom stereocenters. The third-order valence-electron chi connectivity index (χ3n) is 1.62. The van der Waals surface area contributed by atoms with Gasteiger partial charge in [-0.15, -0.1) is 0 Å². The Morgan fingerprint density at radius 3 is 1.70 bits per heavy atom. The van der Waals surface area contributed by atoms with Crippen molar-refractivity contribution in [2.75, 3.05) is 13.2 Å². The lowest BCUT2D eigenvalue weighted by Gasteiger charge is -2.05. The number of epoxide rings is 1. The molecule has 10 heavy (non-hydrogen) atoms. The summed E-state index contributed by atoms with van der Waals surface area (Å²) in [6.07, 6.45) is 5.24. The Kier molecular flexibility index (Phi) is 3.44. The third-order valence-corrected chi connectivity index (χ3v) is 1.62. The van der Waals surface area contributed by atoms with Crippen LogP contribution in [0.4, 0.5) is 0 Å². The normalized spacial score (nSPS) is 23.0. The highest BCUT2D eigenvalue weighted by molar-refractivity contribution is 5.78. The van der Waals surface area contributed by atoms with Crippen molar-refractivity contribution in [2.45, 2.75) is 32.1 Å². The second-order valence-corrected chi connectivity index (χ2v) is 2.71. The fourth-order valence-corrected chi connectivity index (χ4v) is 0.946. The summed E-state index contributed by atoms with van der Waals surface area (Å²) >= 11 is 0. The lowest BCUT2D eigenvalue weighted by molar-refractivity contribution is -0.120. The number of rotatable bonds is 0. The molecule has 1 saturated carbocycles. The summed E-state index contributed by atoms with van der Waals surface area (Å²) in [6, 6.07) is 0. The van der Waals surface area contributed by atoms with Gasteiger partial charge in [0.1, 0.15) is 5.78 Å². The van der Waals surface area contributed by atoms with Crippen molar-refractivity contribution in [1.82, 2.24) is 0 Å². The molecule has 2 nitrogen and oxygen atoms in total. The summed E-state index contributed by atoms with van der Waals surface area (Å²) in [7, 11) is 0. The van der Waals surface area contributed by atoms with E-state index in [4.69, 9.17) is 0 Å². The minimum absolute atomic E-state index is 0.464. The average Bonchev–Trinajstić information content (AvgIpc) is 2.73. The standard InChI is InChI=1S/C6H10O.C2H4O/c7-6-4-2-1-3-5-6;1-2-3-1/h1-5H2;1-2H2. The zero-order chi connectivity index (χ0) is 7.23. The first-order valence-electron chi connectivity index (χ1n) is 3.99. The molecule has 0 amide bonds. The van der Waals surface area contributed by atoms with Crippen LogP contribution in [0.25, 0.3) is 0 Å². The van der Waals surface area contributed by atoms with Crippen molar-refractivity contribution < 1.29 is 9.53 Å². The molecule has 0 bridgehead atoms. The molecule has 0 aromatic rings. The zero-order valence-electron chi connectivity index (χ0n) is 6.27. The van der Waals surface area contributed by atoms with Crippen molar-refractivity contribution in [3.63, 3.8) is 0 Å². The Morgan fingerprint density at radius 2 is 1.50 bits per heavy atom. The van der Waals surface area contributed by atoms with Crippen molar-refractivity contribution in [3.05, 3.63) is 0 Å². The lowest BCUT2D eigenvalue weighted by atomic mass is 10.00. The monoisotopic (exact) mass is 142 g/mol. The van der Waals surface area contributed by atoms with Gasteiger partial charge in [-0.2, -0.15) is 0 Å². The quantitative estimate of drug-likeness (QED) is 0.480. The maximum Gasteiger partial charge on any atom is 0.132 e. The molecule has 0 N–H and O–H groups in total. The molecule has 2 fully saturated rings. The Labute approximate surface area is 61.6 Å². The van der Waals surface area contributed by atoms with Crippen LogP contribution in [-0.2, 0) is 9.53 Å². The maximum atomic E-state index is 10.5. The van der Waals surface area contributed by atoms with Gasteiger partial charge in [-0.05, 0) is 12.8 Å². The maximum absolute atomic E-state index is 10.5. The van der Waals surface area contributed by atoms with Crippen molar-refractivity contribution in [3.8, 4) is 0 Å². The fourth-order valence-electron chi connectivity index (χ4n) is 0.946. The summed E-state index contributed by atoms with van der Waals surface area (Å²) in [4.78, 5) is 10.5. The minimum Gasteiger partial charge on any atom is -0.377 e. The second-order valence-electron chi connectivity index (χ2n) is 2.71. The van der Waals surface area contributed by atoms with Crippen LogP contribution in [0.1, 0.15) is 32.1 Å². The van der Waals surface area contributed by atoms with E-state index in [0.29, 0.717) is 5.78 Å². The molecule has 0 aromatic heterocycles. The van der Waals surface area contributed by atoms with Crippen LogP contribution in [0.3, 0.4) is 0 Å². The Hall–Kier alpha value is -0.370. The van der Waals surface area contributed by atoms with Crippen LogP contribution in [-0.4, -0.2) is 19.0 Å². The Balaban J connectivity index is 0.000000138.